The predicted molar refractivity (Wildman–Crippen MR) is 88.1 cm³/mol. The maximum atomic E-state index is 12.8. The van der Waals surface area contributed by atoms with Gasteiger partial charge in [0.25, 0.3) is 0 Å². The normalized spacial score (nSPS) is 11.5. The van der Waals surface area contributed by atoms with Crippen LogP contribution in [0.25, 0.3) is 5.69 Å². The van der Waals surface area contributed by atoms with Crippen molar-refractivity contribution in [2.75, 3.05) is 0 Å². The highest BCUT2D eigenvalue weighted by Gasteiger charge is 2.19. The molecule has 22 heavy (non-hydrogen) atoms. The van der Waals surface area contributed by atoms with Crippen LogP contribution in [0.1, 0.15) is 5.56 Å². The number of rotatable bonds is 4. The summed E-state index contributed by atoms with van der Waals surface area (Å²) in [5, 5.41) is 0.592. The first-order valence-electron chi connectivity index (χ1n) is 6.76. The molecular weight excluding hydrogens is 318 g/mol. The number of halogens is 1. The van der Waals surface area contributed by atoms with Crippen LogP contribution in [-0.2, 0) is 15.6 Å². The average Bonchev–Trinajstić information content (AvgIpc) is 3.04. The van der Waals surface area contributed by atoms with Gasteiger partial charge in [-0.15, -0.1) is 0 Å². The van der Waals surface area contributed by atoms with Gasteiger partial charge >= 0.3 is 0 Å². The van der Waals surface area contributed by atoms with Crippen molar-refractivity contribution in [1.82, 2.24) is 4.57 Å². The van der Waals surface area contributed by atoms with Crippen LogP contribution < -0.4 is 0 Å². The van der Waals surface area contributed by atoms with Crippen molar-refractivity contribution in [1.29, 1.82) is 0 Å². The van der Waals surface area contributed by atoms with Gasteiger partial charge in [-0.1, -0.05) is 35.9 Å². The van der Waals surface area contributed by atoms with Crippen LogP contribution in [0, 0.1) is 0 Å². The summed E-state index contributed by atoms with van der Waals surface area (Å²) in [5.74, 6) is -0.0531. The Morgan fingerprint density at radius 1 is 0.864 bits per heavy atom. The van der Waals surface area contributed by atoms with E-state index in [4.69, 9.17) is 11.6 Å². The van der Waals surface area contributed by atoms with E-state index in [1.807, 2.05) is 30.6 Å². The van der Waals surface area contributed by atoms with Crippen molar-refractivity contribution >= 4 is 21.4 Å². The number of para-hydroxylation sites is 1. The number of aromatic nitrogens is 1. The third kappa shape index (κ3) is 3.08. The topological polar surface area (TPSA) is 39.1 Å². The molecule has 1 aromatic heterocycles. The number of hydrogen-bond donors (Lipinski definition) is 0. The molecule has 0 aliphatic heterocycles. The molecule has 3 aromatic rings. The van der Waals surface area contributed by atoms with Gasteiger partial charge in [0.15, 0.2) is 9.84 Å². The summed E-state index contributed by atoms with van der Waals surface area (Å²) >= 11 is 5.84. The number of hydrogen-bond acceptors (Lipinski definition) is 2. The van der Waals surface area contributed by atoms with Gasteiger partial charge in [-0.25, -0.2) is 8.42 Å². The summed E-state index contributed by atoms with van der Waals surface area (Å²) in [6.07, 6.45) is 3.66. The maximum Gasteiger partial charge on any atom is 0.184 e. The average molecular weight is 332 g/mol. The van der Waals surface area contributed by atoms with E-state index in [9.17, 15) is 8.42 Å². The first-order valence-corrected chi connectivity index (χ1v) is 8.79. The third-order valence-electron chi connectivity index (χ3n) is 3.35. The highest BCUT2D eigenvalue weighted by Crippen LogP contribution is 2.24. The molecule has 0 spiro atoms. The van der Waals surface area contributed by atoms with Crippen molar-refractivity contribution in [3.05, 3.63) is 83.6 Å². The molecule has 0 bridgehead atoms. The van der Waals surface area contributed by atoms with Gasteiger partial charge in [0.1, 0.15) is 0 Å². The molecule has 2 aromatic carbocycles. The molecular formula is C17H14ClNO2S. The Morgan fingerprint density at radius 3 is 2.18 bits per heavy atom. The second-order valence-corrected chi connectivity index (χ2v) is 7.34. The highest BCUT2D eigenvalue weighted by molar-refractivity contribution is 7.90. The van der Waals surface area contributed by atoms with Gasteiger partial charge in [-0.2, -0.15) is 0 Å². The lowest BCUT2D eigenvalue weighted by Crippen LogP contribution is -2.08. The van der Waals surface area contributed by atoms with Crippen LogP contribution in [0.3, 0.4) is 0 Å². The van der Waals surface area contributed by atoms with Gasteiger partial charge < -0.3 is 4.57 Å². The Morgan fingerprint density at radius 2 is 1.50 bits per heavy atom. The zero-order valence-electron chi connectivity index (χ0n) is 11.7. The Labute approximate surface area is 134 Å². The van der Waals surface area contributed by atoms with E-state index >= 15 is 0 Å². The van der Waals surface area contributed by atoms with Gasteiger partial charge in [0.05, 0.1) is 16.3 Å². The van der Waals surface area contributed by atoms with E-state index in [0.29, 0.717) is 21.2 Å². The maximum absolute atomic E-state index is 12.8. The first kappa shape index (κ1) is 14.9. The standard InChI is InChI=1S/C17H14ClNO2S/c18-15-9-7-14(8-10-15)13-22(20,21)17-6-2-1-5-16(17)19-11-3-4-12-19/h1-12H,13H2. The molecule has 0 aliphatic carbocycles. The molecule has 0 N–H and O–H groups in total. The van der Waals surface area contributed by atoms with E-state index in [-0.39, 0.29) is 5.75 Å². The fourth-order valence-electron chi connectivity index (χ4n) is 2.31. The number of benzene rings is 2. The number of sulfone groups is 1. The van der Waals surface area contributed by atoms with E-state index in [1.54, 1.807) is 47.0 Å². The molecule has 3 rings (SSSR count). The molecule has 0 amide bonds. The second-order valence-electron chi connectivity index (χ2n) is 4.94. The summed E-state index contributed by atoms with van der Waals surface area (Å²) in [4.78, 5) is 0.321. The van der Waals surface area contributed by atoms with Crippen LogP contribution in [0.4, 0.5) is 0 Å². The summed E-state index contributed by atoms with van der Waals surface area (Å²) in [6, 6.07) is 17.6. The van der Waals surface area contributed by atoms with Crippen LogP contribution in [0.5, 0.6) is 0 Å². The van der Waals surface area contributed by atoms with E-state index < -0.39 is 9.84 Å². The molecule has 0 aliphatic rings. The fourth-order valence-corrected chi connectivity index (χ4v) is 4.00. The SMILES string of the molecule is O=S(=O)(Cc1ccc(Cl)cc1)c1ccccc1-n1cccc1. The molecule has 3 nitrogen and oxygen atoms in total. The van der Waals surface area contributed by atoms with Crippen LogP contribution >= 0.6 is 11.6 Å². The smallest absolute Gasteiger partial charge is 0.184 e. The molecule has 0 saturated carbocycles. The third-order valence-corrected chi connectivity index (χ3v) is 5.33. The first-order chi connectivity index (χ1) is 10.6. The quantitative estimate of drug-likeness (QED) is 0.722. The van der Waals surface area contributed by atoms with Crippen molar-refractivity contribution in [3.63, 3.8) is 0 Å². The Hall–Kier alpha value is -2.04. The van der Waals surface area contributed by atoms with Gasteiger partial charge in [-0.05, 0) is 42.0 Å². The minimum absolute atomic E-state index is 0.0531. The lowest BCUT2D eigenvalue weighted by Gasteiger charge is -2.11. The molecule has 0 atom stereocenters. The molecule has 0 unspecified atom stereocenters. The van der Waals surface area contributed by atoms with E-state index in [0.717, 1.165) is 0 Å². The van der Waals surface area contributed by atoms with Crippen LogP contribution in [-0.4, -0.2) is 13.0 Å². The Kier molecular flexibility index (Phi) is 4.05. The molecule has 0 radical (unpaired) electrons. The van der Waals surface area contributed by atoms with Crippen LogP contribution in [0.15, 0.2) is 78.0 Å². The lowest BCUT2D eigenvalue weighted by molar-refractivity contribution is 0.594. The monoisotopic (exact) mass is 331 g/mol. The zero-order valence-corrected chi connectivity index (χ0v) is 13.3. The van der Waals surface area contributed by atoms with Gasteiger partial charge in [0, 0.05) is 17.4 Å². The Balaban J connectivity index is 2.01. The zero-order chi connectivity index (χ0) is 15.6. The fraction of sp³-hybridized carbons (Fsp3) is 0.0588. The van der Waals surface area contributed by atoms with Gasteiger partial charge in [-0.3, -0.25) is 0 Å². The highest BCUT2D eigenvalue weighted by atomic mass is 35.5. The summed E-state index contributed by atoms with van der Waals surface area (Å²) < 4.78 is 27.3. The van der Waals surface area contributed by atoms with E-state index in [1.165, 1.54) is 0 Å². The molecule has 0 fully saturated rings. The summed E-state index contributed by atoms with van der Waals surface area (Å²) in [5.41, 5.74) is 1.37. The minimum atomic E-state index is -3.45. The van der Waals surface area contributed by atoms with Crippen molar-refractivity contribution in [3.8, 4) is 5.69 Å². The molecule has 112 valence electrons. The van der Waals surface area contributed by atoms with Gasteiger partial charge in [0.2, 0.25) is 0 Å². The molecule has 5 heteroatoms. The lowest BCUT2D eigenvalue weighted by atomic mass is 10.2. The minimum Gasteiger partial charge on any atom is -0.323 e. The largest absolute Gasteiger partial charge is 0.323 e. The van der Waals surface area contributed by atoms with Crippen molar-refractivity contribution < 1.29 is 8.42 Å². The number of nitrogens with zero attached hydrogens (tertiary/aromatic N) is 1. The second kappa shape index (κ2) is 5.99. The molecule has 0 saturated heterocycles. The Bertz CT molecular complexity index is 869. The summed E-state index contributed by atoms with van der Waals surface area (Å²) in [7, 11) is -3.45. The summed E-state index contributed by atoms with van der Waals surface area (Å²) in [6.45, 7) is 0. The van der Waals surface area contributed by atoms with E-state index in [2.05, 4.69) is 0 Å². The molecule has 1 heterocycles. The van der Waals surface area contributed by atoms with Crippen molar-refractivity contribution in [2.45, 2.75) is 10.6 Å². The predicted octanol–water partition coefficient (Wildman–Crippen LogP) is 4.10. The van der Waals surface area contributed by atoms with Crippen molar-refractivity contribution in [2.24, 2.45) is 0 Å². The van der Waals surface area contributed by atoms with Crippen LogP contribution in [0.2, 0.25) is 5.02 Å².